The summed E-state index contributed by atoms with van der Waals surface area (Å²) < 4.78 is 3.34. The standard InChI is InChI=1S/C23H17BrN4O2S2/c1-12(20(29)27-23-26-16-5-3-4-6-17(16)32-23)28-11-25-21-19(22(28)30)18(13(2)31-21)14-7-9-15(24)10-8-14/h3-12H,1-2H3,(H,26,27,29). The van der Waals surface area contributed by atoms with Gasteiger partial charge in [0.15, 0.2) is 5.13 Å². The number of nitrogens with one attached hydrogen (secondary N) is 1. The molecule has 0 saturated heterocycles. The van der Waals surface area contributed by atoms with E-state index in [4.69, 9.17) is 0 Å². The number of hydrogen-bond acceptors (Lipinski definition) is 6. The maximum Gasteiger partial charge on any atom is 0.263 e. The summed E-state index contributed by atoms with van der Waals surface area (Å²) in [5.41, 5.74) is 2.40. The van der Waals surface area contributed by atoms with Gasteiger partial charge in [0, 0.05) is 14.9 Å². The van der Waals surface area contributed by atoms with Gasteiger partial charge in [0.25, 0.3) is 5.56 Å². The summed E-state index contributed by atoms with van der Waals surface area (Å²) in [6.45, 7) is 3.67. The van der Waals surface area contributed by atoms with Crippen molar-refractivity contribution in [1.82, 2.24) is 14.5 Å². The predicted octanol–water partition coefficient (Wildman–Crippen LogP) is 6.01. The minimum absolute atomic E-state index is 0.232. The quantitative estimate of drug-likeness (QED) is 0.312. The van der Waals surface area contributed by atoms with Crippen LogP contribution in [0.15, 0.2) is 64.1 Å². The summed E-state index contributed by atoms with van der Waals surface area (Å²) in [6.07, 6.45) is 1.45. The molecule has 1 N–H and O–H groups in total. The van der Waals surface area contributed by atoms with Gasteiger partial charge in [0.05, 0.1) is 21.9 Å². The molecule has 0 radical (unpaired) electrons. The van der Waals surface area contributed by atoms with Crippen molar-refractivity contribution >= 4 is 70.1 Å². The highest BCUT2D eigenvalue weighted by atomic mass is 79.9. The first-order valence-electron chi connectivity index (χ1n) is 9.85. The Morgan fingerprint density at radius 3 is 2.62 bits per heavy atom. The lowest BCUT2D eigenvalue weighted by molar-refractivity contribution is -0.118. The first-order valence-corrected chi connectivity index (χ1v) is 12.3. The van der Waals surface area contributed by atoms with Gasteiger partial charge in [-0.25, -0.2) is 9.97 Å². The molecule has 6 nitrogen and oxygen atoms in total. The van der Waals surface area contributed by atoms with Gasteiger partial charge in [-0.15, -0.1) is 11.3 Å². The van der Waals surface area contributed by atoms with Crippen LogP contribution in [0.4, 0.5) is 5.13 Å². The van der Waals surface area contributed by atoms with Gasteiger partial charge in [-0.2, -0.15) is 0 Å². The molecule has 1 amide bonds. The zero-order valence-electron chi connectivity index (χ0n) is 17.1. The third-order valence-electron chi connectivity index (χ3n) is 5.27. The Morgan fingerprint density at radius 2 is 1.88 bits per heavy atom. The highest BCUT2D eigenvalue weighted by molar-refractivity contribution is 9.10. The second-order valence-electron chi connectivity index (χ2n) is 7.33. The lowest BCUT2D eigenvalue weighted by atomic mass is 10.0. The number of halogens is 1. The van der Waals surface area contributed by atoms with Gasteiger partial charge in [-0.3, -0.25) is 14.2 Å². The Kier molecular flexibility index (Phi) is 5.40. The Labute approximate surface area is 199 Å². The molecule has 2 aromatic carbocycles. The first kappa shape index (κ1) is 21.0. The summed E-state index contributed by atoms with van der Waals surface area (Å²) in [7, 11) is 0. The molecule has 1 unspecified atom stereocenters. The number of thiophene rings is 1. The van der Waals surface area contributed by atoms with Crippen LogP contribution in [0.2, 0.25) is 0 Å². The SMILES string of the molecule is Cc1sc2ncn(C(C)C(=O)Nc3nc4ccccc4s3)c(=O)c2c1-c1ccc(Br)cc1. The van der Waals surface area contributed by atoms with Crippen molar-refractivity contribution in [3.8, 4) is 11.1 Å². The van der Waals surface area contributed by atoms with Gasteiger partial charge < -0.3 is 5.32 Å². The average Bonchev–Trinajstić information content (AvgIpc) is 3.34. The first-order chi connectivity index (χ1) is 15.4. The Bertz CT molecular complexity index is 1500. The summed E-state index contributed by atoms with van der Waals surface area (Å²) in [6, 6.07) is 14.8. The van der Waals surface area contributed by atoms with Crippen molar-refractivity contribution in [3.05, 3.63) is 74.6 Å². The number of carbonyl (C=O) groups excluding carboxylic acids is 1. The van der Waals surface area contributed by atoms with E-state index in [0.717, 1.165) is 30.7 Å². The van der Waals surface area contributed by atoms with E-state index in [1.54, 1.807) is 6.92 Å². The van der Waals surface area contributed by atoms with E-state index in [0.29, 0.717) is 15.3 Å². The van der Waals surface area contributed by atoms with E-state index >= 15 is 0 Å². The molecule has 0 fully saturated rings. The monoisotopic (exact) mass is 524 g/mol. The molecule has 160 valence electrons. The largest absolute Gasteiger partial charge is 0.300 e. The van der Waals surface area contributed by atoms with Crippen molar-refractivity contribution in [1.29, 1.82) is 0 Å². The third-order valence-corrected chi connectivity index (χ3v) is 7.76. The van der Waals surface area contributed by atoms with Gasteiger partial charge in [0.1, 0.15) is 10.9 Å². The lowest BCUT2D eigenvalue weighted by Gasteiger charge is -2.14. The van der Waals surface area contributed by atoms with Crippen LogP contribution in [-0.2, 0) is 4.79 Å². The molecule has 9 heteroatoms. The maximum atomic E-state index is 13.5. The third kappa shape index (κ3) is 3.66. The van der Waals surface area contributed by atoms with Crippen molar-refractivity contribution < 1.29 is 4.79 Å². The molecule has 3 aromatic heterocycles. The summed E-state index contributed by atoms with van der Waals surface area (Å²) >= 11 is 6.33. The highest BCUT2D eigenvalue weighted by Crippen LogP contribution is 2.36. The van der Waals surface area contributed by atoms with E-state index in [-0.39, 0.29) is 11.5 Å². The van der Waals surface area contributed by atoms with Gasteiger partial charge in [-0.1, -0.05) is 51.5 Å². The van der Waals surface area contributed by atoms with Crippen LogP contribution < -0.4 is 10.9 Å². The molecule has 32 heavy (non-hydrogen) atoms. The molecule has 0 aliphatic carbocycles. The molecule has 1 atom stereocenters. The fourth-order valence-corrected chi connectivity index (χ4v) is 5.75. The van der Waals surface area contributed by atoms with Gasteiger partial charge in [-0.05, 0) is 43.7 Å². The number of aryl methyl sites for hydroxylation is 1. The number of fused-ring (bicyclic) bond motifs is 2. The van der Waals surface area contributed by atoms with E-state index in [1.807, 2.05) is 55.5 Å². The molecule has 3 heterocycles. The maximum absolute atomic E-state index is 13.5. The van der Waals surface area contributed by atoms with Crippen molar-refractivity contribution in [2.24, 2.45) is 0 Å². The smallest absolute Gasteiger partial charge is 0.263 e. The zero-order chi connectivity index (χ0) is 22.4. The molecule has 0 aliphatic heterocycles. The Balaban J connectivity index is 1.52. The topological polar surface area (TPSA) is 76.9 Å². The van der Waals surface area contributed by atoms with Crippen LogP contribution in [0.1, 0.15) is 17.8 Å². The van der Waals surface area contributed by atoms with E-state index in [1.165, 1.54) is 33.6 Å². The van der Waals surface area contributed by atoms with Crippen LogP contribution in [-0.4, -0.2) is 20.4 Å². The number of carbonyl (C=O) groups is 1. The minimum Gasteiger partial charge on any atom is -0.300 e. The molecule has 0 aliphatic rings. The van der Waals surface area contributed by atoms with Crippen molar-refractivity contribution in [2.45, 2.75) is 19.9 Å². The number of nitrogens with zero attached hydrogens (tertiary/aromatic N) is 3. The predicted molar refractivity (Wildman–Crippen MR) is 135 cm³/mol. The zero-order valence-corrected chi connectivity index (χ0v) is 20.3. The number of rotatable bonds is 4. The van der Waals surface area contributed by atoms with E-state index in [9.17, 15) is 9.59 Å². The number of hydrogen-bond donors (Lipinski definition) is 1. The number of amides is 1. The van der Waals surface area contributed by atoms with Crippen molar-refractivity contribution in [3.63, 3.8) is 0 Å². The molecular weight excluding hydrogens is 508 g/mol. The van der Waals surface area contributed by atoms with Crippen LogP contribution in [0, 0.1) is 6.92 Å². The van der Waals surface area contributed by atoms with Crippen LogP contribution in [0.3, 0.4) is 0 Å². The molecule has 0 spiro atoms. The summed E-state index contributed by atoms with van der Waals surface area (Å²) in [5, 5.41) is 3.89. The van der Waals surface area contributed by atoms with Crippen molar-refractivity contribution in [2.75, 3.05) is 5.32 Å². The highest BCUT2D eigenvalue weighted by Gasteiger charge is 2.22. The molecule has 5 rings (SSSR count). The van der Waals surface area contributed by atoms with Gasteiger partial charge in [0.2, 0.25) is 5.91 Å². The Hall–Kier alpha value is -2.88. The molecule has 5 aromatic rings. The number of thiazole rings is 1. The number of aromatic nitrogens is 3. The molecule has 0 saturated carbocycles. The van der Waals surface area contributed by atoms with Gasteiger partial charge >= 0.3 is 0 Å². The van der Waals surface area contributed by atoms with E-state index in [2.05, 4.69) is 31.2 Å². The second-order valence-corrected chi connectivity index (χ2v) is 10.5. The fourth-order valence-electron chi connectivity index (χ4n) is 3.62. The lowest BCUT2D eigenvalue weighted by Crippen LogP contribution is -2.31. The van der Waals surface area contributed by atoms with E-state index < -0.39 is 6.04 Å². The molecular formula is C23H17BrN4O2S2. The second kappa shape index (κ2) is 8.23. The molecule has 0 bridgehead atoms. The number of para-hydroxylation sites is 1. The summed E-state index contributed by atoms with van der Waals surface area (Å²) in [5.74, 6) is -0.315. The summed E-state index contributed by atoms with van der Waals surface area (Å²) in [4.78, 5) is 37.0. The Morgan fingerprint density at radius 1 is 1.12 bits per heavy atom. The number of benzene rings is 2. The van der Waals surface area contributed by atoms with Crippen LogP contribution in [0.5, 0.6) is 0 Å². The minimum atomic E-state index is -0.746. The fraction of sp³-hybridized carbons (Fsp3) is 0.130. The van der Waals surface area contributed by atoms with Crippen LogP contribution >= 0.6 is 38.6 Å². The normalized spacial score (nSPS) is 12.3. The average molecular weight is 525 g/mol. The number of anilines is 1. The van der Waals surface area contributed by atoms with Crippen LogP contribution in [0.25, 0.3) is 31.6 Å².